The number of amides is 3. The highest BCUT2D eigenvalue weighted by molar-refractivity contribution is 5.86. The highest BCUT2D eigenvalue weighted by Crippen LogP contribution is 1.92. The van der Waals surface area contributed by atoms with Gasteiger partial charge in [-0.1, -0.05) is 19.9 Å². The van der Waals surface area contributed by atoms with E-state index in [4.69, 9.17) is 5.11 Å². The summed E-state index contributed by atoms with van der Waals surface area (Å²) >= 11 is 0. The standard InChI is InChI=1S/C12H21N3O4/c1-4-5-9(11(17)18)15-12(19)14-7-10(16)13-6-8(2)3/h4,8-9H,1,5-7H2,2-3H3,(H,13,16)(H,17,18)(H2,14,15,19). The third-order valence-corrected chi connectivity index (χ3v) is 2.12. The third-order valence-electron chi connectivity index (χ3n) is 2.12. The van der Waals surface area contributed by atoms with E-state index in [-0.39, 0.29) is 18.9 Å². The Hall–Kier alpha value is -2.05. The number of hydrogen-bond donors (Lipinski definition) is 4. The third kappa shape index (κ3) is 8.64. The number of carbonyl (C=O) groups excluding carboxylic acids is 2. The highest BCUT2D eigenvalue weighted by atomic mass is 16.4. The van der Waals surface area contributed by atoms with Crippen molar-refractivity contribution in [2.24, 2.45) is 5.92 Å². The maximum absolute atomic E-state index is 11.4. The molecule has 0 saturated carbocycles. The van der Waals surface area contributed by atoms with Gasteiger partial charge >= 0.3 is 12.0 Å². The van der Waals surface area contributed by atoms with E-state index in [1.165, 1.54) is 6.08 Å². The Kier molecular flexibility index (Phi) is 7.99. The number of aliphatic carboxylic acids is 1. The molecule has 0 fully saturated rings. The summed E-state index contributed by atoms with van der Waals surface area (Å²) in [5.74, 6) is -1.15. The minimum Gasteiger partial charge on any atom is -0.480 e. The zero-order valence-corrected chi connectivity index (χ0v) is 11.2. The molecule has 0 heterocycles. The van der Waals surface area contributed by atoms with Crippen molar-refractivity contribution in [3.05, 3.63) is 12.7 Å². The first kappa shape index (κ1) is 16.9. The Morgan fingerprint density at radius 3 is 2.37 bits per heavy atom. The molecule has 0 radical (unpaired) electrons. The normalized spacial score (nSPS) is 11.5. The van der Waals surface area contributed by atoms with Gasteiger partial charge in [0.2, 0.25) is 5.91 Å². The number of nitrogens with one attached hydrogen (secondary N) is 3. The molecular weight excluding hydrogens is 250 g/mol. The first-order valence-electron chi connectivity index (χ1n) is 6.01. The van der Waals surface area contributed by atoms with Crippen molar-refractivity contribution in [3.63, 3.8) is 0 Å². The average molecular weight is 271 g/mol. The summed E-state index contributed by atoms with van der Waals surface area (Å²) in [6.45, 7) is 7.64. The second-order valence-electron chi connectivity index (χ2n) is 4.44. The SMILES string of the molecule is C=CCC(NC(=O)NCC(=O)NCC(C)C)C(=O)O. The van der Waals surface area contributed by atoms with E-state index in [2.05, 4.69) is 22.5 Å². The van der Waals surface area contributed by atoms with Crippen molar-refractivity contribution in [2.45, 2.75) is 26.3 Å². The molecule has 108 valence electrons. The van der Waals surface area contributed by atoms with Crippen LogP contribution in [0.1, 0.15) is 20.3 Å². The summed E-state index contributed by atoms with van der Waals surface area (Å²) < 4.78 is 0. The van der Waals surface area contributed by atoms with Gasteiger partial charge in [-0.05, 0) is 12.3 Å². The molecule has 0 aromatic rings. The van der Waals surface area contributed by atoms with Crippen LogP contribution in [0.2, 0.25) is 0 Å². The lowest BCUT2D eigenvalue weighted by Gasteiger charge is -2.13. The quantitative estimate of drug-likeness (QED) is 0.469. The van der Waals surface area contributed by atoms with E-state index in [9.17, 15) is 14.4 Å². The van der Waals surface area contributed by atoms with Gasteiger partial charge in [0.25, 0.3) is 0 Å². The number of carbonyl (C=O) groups is 3. The van der Waals surface area contributed by atoms with Gasteiger partial charge in [0.15, 0.2) is 0 Å². The zero-order chi connectivity index (χ0) is 14.8. The average Bonchev–Trinajstić information content (AvgIpc) is 2.33. The van der Waals surface area contributed by atoms with E-state index in [1.54, 1.807) is 0 Å². The predicted molar refractivity (Wildman–Crippen MR) is 70.6 cm³/mol. The van der Waals surface area contributed by atoms with E-state index in [0.29, 0.717) is 12.5 Å². The zero-order valence-electron chi connectivity index (χ0n) is 11.2. The van der Waals surface area contributed by atoms with Gasteiger partial charge in [0.1, 0.15) is 6.04 Å². The summed E-state index contributed by atoms with van der Waals surface area (Å²) in [6.07, 6.45) is 1.51. The van der Waals surface area contributed by atoms with Crippen molar-refractivity contribution < 1.29 is 19.5 Å². The molecule has 0 saturated heterocycles. The molecule has 0 rings (SSSR count). The van der Waals surface area contributed by atoms with Crippen molar-refractivity contribution >= 4 is 17.9 Å². The fourth-order valence-corrected chi connectivity index (χ4v) is 1.14. The predicted octanol–water partition coefficient (Wildman–Crippen LogP) is 0.0871. The molecule has 1 unspecified atom stereocenters. The summed E-state index contributed by atoms with van der Waals surface area (Å²) in [6, 6.07) is -1.75. The molecule has 0 bridgehead atoms. The van der Waals surface area contributed by atoms with Crippen molar-refractivity contribution in [3.8, 4) is 0 Å². The van der Waals surface area contributed by atoms with Gasteiger partial charge in [-0.3, -0.25) is 4.79 Å². The highest BCUT2D eigenvalue weighted by Gasteiger charge is 2.18. The minimum atomic E-state index is -1.15. The fraction of sp³-hybridized carbons (Fsp3) is 0.583. The van der Waals surface area contributed by atoms with Crippen LogP contribution in [0.5, 0.6) is 0 Å². The topological polar surface area (TPSA) is 108 Å². The molecule has 0 aliphatic heterocycles. The van der Waals surface area contributed by atoms with Gasteiger partial charge in [-0.2, -0.15) is 0 Å². The van der Waals surface area contributed by atoms with Crippen LogP contribution in [-0.2, 0) is 9.59 Å². The molecule has 0 aromatic carbocycles. The molecule has 7 nitrogen and oxygen atoms in total. The number of carboxylic acid groups (broad SMARTS) is 1. The largest absolute Gasteiger partial charge is 0.480 e. The van der Waals surface area contributed by atoms with Crippen molar-refractivity contribution in [2.75, 3.05) is 13.1 Å². The first-order valence-corrected chi connectivity index (χ1v) is 6.01. The molecule has 0 aliphatic carbocycles. The maximum Gasteiger partial charge on any atom is 0.326 e. The second kappa shape index (κ2) is 8.96. The molecule has 19 heavy (non-hydrogen) atoms. The van der Waals surface area contributed by atoms with Crippen molar-refractivity contribution in [1.82, 2.24) is 16.0 Å². The maximum atomic E-state index is 11.4. The van der Waals surface area contributed by atoms with E-state index in [1.807, 2.05) is 13.8 Å². The van der Waals surface area contributed by atoms with E-state index in [0.717, 1.165) is 0 Å². The van der Waals surface area contributed by atoms with Crippen LogP contribution in [0.3, 0.4) is 0 Å². The molecule has 3 amide bonds. The fourth-order valence-electron chi connectivity index (χ4n) is 1.14. The molecule has 0 aliphatic rings. The van der Waals surface area contributed by atoms with Crippen LogP contribution in [0.25, 0.3) is 0 Å². The lowest BCUT2D eigenvalue weighted by molar-refractivity contribution is -0.139. The molecule has 4 N–H and O–H groups in total. The molecule has 1 atom stereocenters. The van der Waals surface area contributed by atoms with E-state index < -0.39 is 18.0 Å². The summed E-state index contributed by atoms with van der Waals surface area (Å²) in [5, 5.41) is 16.0. The summed E-state index contributed by atoms with van der Waals surface area (Å²) in [4.78, 5) is 33.5. The Balaban J connectivity index is 4.00. The van der Waals surface area contributed by atoms with Gasteiger partial charge in [-0.25, -0.2) is 9.59 Å². The Bertz CT molecular complexity index is 342. The molecule has 0 spiro atoms. The number of rotatable bonds is 8. The number of hydrogen-bond acceptors (Lipinski definition) is 3. The van der Waals surface area contributed by atoms with Crippen molar-refractivity contribution in [1.29, 1.82) is 0 Å². The molecule has 0 aromatic heterocycles. The van der Waals surface area contributed by atoms with Gasteiger partial charge < -0.3 is 21.1 Å². The second-order valence-corrected chi connectivity index (χ2v) is 4.44. The minimum absolute atomic E-state index is 0.113. The van der Waals surface area contributed by atoms with Crippen LogP contribution >= 0.6 is 0 Å². The Labute approximate surface area is 112 Å². The Morgan fingerprint density at radius 2 is 1.89 bits per heavy atom. The van der Waals surface area contributed by atoms with Crippen LogP contribution in [0.15, 0.2) is 12.7 Å². The molecular formula is C12H21N3O4. The van der Waals surface area contributed by atoms with Crippen LogP contribution < -0.4 is 16.0 Å². The molecule has 7 heteroatoms. The van der Waals surface area contributed by atoms with Crippen LogP contribution in [0.4, 0.5) is 4.79 Å². The first-order chi connectivity index (χ1) is 8.86. The van der Waals surface area contributed by atoms with Crippen LogP contribution in [-0.4, -0.2) is 42.1 Å². The van der Waals surface area contributed by atoms with Gasteiger partial charge in [0.05, 0.1) is 6.54 Å². The van der Waals surface area contributed by atoms with Crippen LogP contribution in [0, 0.1) is 5.92 Å². The summed E-state index contributed by atoms with van der Waals surface area (Å²) in [5.41, 5.74) is 0. The lowest BCUT2D eigenvalue weighted by atomic mass is 10.2. The lowest BCUT2D eigenvalue weighted by Crippen LogP contribution is -2.48. The monoisotopic (exact) mass is 271 g/mol. The summed E-state index contributed by atoms with van der Waals surface area (Å²) in [7, 11) is 0. The van der Waals surface area contributed by atoms with Gasteiger partial charge in [0, 0.05) is 6.54 Å². The number of urea groups is 1. The van der Waals surface area contributed by atoms with E-state index >= 15 is 0 Å². The van der Waals surface area contributed by atoms with Gasteiger partial charge in [-0.15, -0.1) is 6.58 Å². The smallest absolute Gasteiger partial charge is 0.326 e. The number of carboxylic acids is 1. The Morgan fingerprint density at radius 1 is 1.26 bits per heavy atom.